The first-order chi connectivity index (χ1) is 11.0. The van der Waals surface area contributed by atoms with Crippen molar-refractivity contribution in [1.82, 2.24) is 4.98 Å². The minimum Gasteiger partial charge on any atom is -0.543 e. The number of nitrogens with zero attached hydrogens (tertiary/aromatic N) is 1. The summed E-state index contributed by atoms with van der Waals surface area (Å²) in [5, 5.41) is 15.7. The van der Waals surface area contributed by atoms with Crippen LogP contribution < -0.4 is 15.3 Å². The highest BCUT2D eigenvalue weighted by molar-refractivity contribution is 7.13. The molecule has 1 aromatic heterocycles. The molecule has 0 spiro atoms. The second-order valence-corrected chi connectivity index (χ2v) is 5.95. The predicted molar refractivity (Wildman–Crippen MR) is 87.4 cm³/mol. The first-order valence-electron chi connectivity index (χ1n) is 7.44. The van der Waals surface area contributed by atoms with Gasteiger partial charge in [-0.2, -0.15) is 0 Å². The number of carboxylic acids is 1. The average molecular weight is 333 g/mol. The van der Waals surface area contributed by atoms with E-state index in [0.29, 0.717) is 17.2 Å². The van der Waals surface area contributed by atoms with Crippen molar-refractivity contribution in [2.45, 2.75) is 13.8 Å². The Bertz CT molecular complexity index is 695. The molecule has 0 unspecified atom stereocenters. The number of rotatable bonds is 7. The molecule has 0 aliphatic rings. The number of quaternary nitrogens is 1. The first kappa shape index (κ1) is 17.1. The van der Waals surface area contributed by atoms with E-state index < -0.39 is 5.97 Å². The van der Waals surface area contributed by atoms with Crippen molar-refractivity contribution >= 4 is 28.9 Å². The van der Waals surface area contributed by atoms with Crippen molar-refractivity contribution in [3.8, 4) is 10.6 Å². The lowest BCUT2D eigenvalue weighted by molar-refractivity contribution is -0.888. The number of thiazole rings is 1. The zero-order valence-corrected chi connectivity index (χ0v) is 13.9. The number of hydrogen-bond acceptors (Lipinski definition) is 5. The van der Waals surface area contributed by atoms with Crippen LogP contribution in [0.3, 0.4) is 0 Å². The lowest BCUT2D eigenvalue weighted by Gasteiger charge is -2.15. The Labute approximate surface area is 138 Å². The molecule has 0 aliphatic heterocycles. The van der Waals surface area contributed by atoms with E-state index in [9.17, 15) is 14.7 Å². The van der Waals surface area contributed by atoms with Crippen LogP contribution in [0.15, 0.2) is 29.6 Å². The summed E-state index contributed by atoms with van der Waals surface area (Å²) < 4.78 is 0. The lowest BCUT2D eigenvalue weighted by Crippen LogP contribution is -3.12. The van der Waals surface area contributed by atoms with Crippen molar-refractivity contribution in [3.05, 3.63) is 35.3 Å². The number of benzene rings is 1. The van der Waals surface area contributed by atoms with Crippen LogP contribution in [0.1, 0.15) is 24.3 Å². The van der Waals surface area contributed by atoms with Gasteiger partial charge >= 0.3 is 0 Å². The maximum absolute atomic E-state index is 12.1. The van der Waals surface area contributed by atoms with E-state index in [0.717, 1.165) is 18.7 Å². The number of aromatic carboxylic acids is 1. The second-order valence-electron chi connectivity index (χ2n) is 5.09. The van der Waals surface area contributed by atoms with Crippen LogP contribution in [0.25, 0.3) is 10.6 Å². The molecule has 0 bridgehead atoms. The molecule has 2 aromatic rings. The fraction of sp³-hybridized carbons (Fsp3) is 0.312. The van der Waals surface area contributed by atoms with Gasteiger partial charge in [0.25, 0.3) is 5.91 Å². The summed E-state index contributed by atoms with van der Waals surface area (Å²) in [6.45, 7) is 6.31. The Balaban J connectivity index is 2.10. The van der Waals surface area contributed by atoms with Crippen LogP contribution in [-0.4, -0.2) is 36.5 Å². The third-order valence-corrected chi connectivity index (χ3v) is 4.41. The Morgan fingerprint density at radius 3 is 2.65 bits per heavy atom. The van der Waals surface area contributed by atoms with Crippen LogP contribution in [0.4, 0.5) is 5.69 Å². The first-order valence-corrected chi connectivity index (χ1v) is 8.32. The molecule has 1 heterocycles. The van der Waals surface area contributed by atoms with Crippen molar-refractivity contribution in [1.29, 1.82) is 0 Å². The number of carbonyl (C=O) groups excluding carboxylic acids is 2. The number of aromatic nitrogens is 1. The number of anilines is 1. The van der Waals surface area contributed by atoms with E-state index in [-0.39, 0.29) is 11.6 Å². The molecule has 0 fully saturated rings. The molecule has 0 aliphatic carbocycles. The average Bonchev–Trinajstić information content (AvgIpc) is 3.03. The molecule has 0 saturated heterocycles. The molecular formula is C16H19N3O3S. The summed E-state index contributed by atoms with van der Waals surface area (Å²) in [5.74, 6) is -1.34. The fourth-order valence-corrected chi connectivity index (χ4v) is 2.95. The van der Waals surface area contributed by atoms with Gasteiger partial charge in [0.2, 0.25) is 0 Å². The normalized spacial score (nSPS) is 10.7. The van der Waals surface area contributed by atoms with Gasteiger partial charge in [0.05, 0.1) is 24.8 Å². The van der Waals surface area contributed by atoms with E-state index in [2.05, 4.69) is 10.3 Å². The number of hydrogen-bond donors (Lipinski definition) is 2. The minimum absolute atomic E-state index is 0.0459. The SMILES string of the molecule is CC[NH+](CC)CC(=O)Nc1cccc(-c2nc(C(=O)[O-])cs2)c1. The number of nitrogens with one attached hydrogen (secondary N) is 2. The number of likely N-dealkylation sites (N-methyl/N-ethyl adjacent to an activating group) is 1. The third-order valence-electron chi connectivity index (χ3n) is 3.52. The van der Waals surface area contributed by atoms with Crippen LogP contribution in [0.2, 0.25) is 0 Å². The topological polar surface area (TPSA) is 86.6 Å². The van der Waals surface area contributed by atoms with Gasteiger partial charge < -0.3 is 20.1 Å². The number of carbonyl (C=O) groups is 2. The molecule has 23 heavy (non-hydrogen) atoms. The fourth-order valence-electron chi connectivity index (χ4n) is 2.16. The smallest absolute Gasteiger partial charge is 0.279 e. The van der Waals surface area contributed by atoms with E-state index in [1.165, 1.54) is 21.6 Å². The summed E-state index contributed by atoms with van der Waals surface area (Å²) in [6, 6.07) is 7.21. The van der Waals surface area contributed by atoms with Gasteiger partial charge in [-0.1, -0.05) is 12.1 Å². The van der Waals surface area contributed by atoms with Gasteiger partial charge in [0, 0.05) is 16.6 Å². The Hall–Kier alpha value is -2.25. The maximum atomic E-state index is 12.1. The van der Waals surface area contributed by atoms with Crippen LogP contribution in [-0.2, 0) is 4.79 Å². The van der Waals surface area contributed by atoms with Gasteiger partial charge in [-0.25, -0.2) is 4.98 Å². The van der Waals surface area contributed by atoms with Crippen molar-refractivity contribution in [2.24, 2.45) is 0 Å². The van der Waals surface area contributed by atoms with Crippen LogP contribution in [0.5, 0.6) is 0 Å². The molecule has 2 rings (SSSR count). The predicted octanol–water partition coefficient (Wildman–Crippen LogP) is 0.0368. The zero-order valence-electron chi connectivity index (χ0n) is 13.1. The molecule has 1 aromatic carbocycles. The summed E-state index contributed by atoms with van der Waals surface area (Å²) in [7, 11) is 0. The maximum Gasteiger partial charge on any atom is 0.279 e. The van der Waals surface area contributed by atoms with Gasteiger partial charge in [0.1, 0.15) is 5.01 Å². The van der Waals surface area contributed by atoms with Crippen molar-refractivity contribution in [2.75, 3.05) is 25.0 Å². The molecule has 2 N–H and O–H groups in total. The number of amides is 1. The molecule has 6 nitrogen and oxygen atoms in total. The minimum atomic E-state index is -1.29. The quantitative estimate of drug-likeness (QED) is 0.749. The highest BCUT2D eigenvalue weighted by Gasteiger charge is 2.11. The molecule has 1 amide bonds. The third kappa shape index (κ3) is 4.61. The summed E-state index contributed by atoms with van der Waals surface area (Å²) in [4.78, 5) is 28.1. The van der Waals surface area contributed by atoms with Crippen LogP contribution in [0, 0.1) is 0 Å². The molecule has 0 saturated carbocycles. The molecule has 0 radical (unpaired) electrons. The van der Waals surface area contributed by atoms with Crippen molar-refractivity contribution in [3.63, 3.8) is 0 Å². The zero-order chi connectivity index (χ0) is 16.8. The Morgan fingerprint density at radius 1 is 1.30 bits per heavy atom. The lowest BCUT2D eigenvalue weighted by atomic mass is 10.2. The molecule has 7 heteroatoms. The van der Waals surface area contributed by atoms with E-state index in [1.807, 2.05) is 19.9 Å². The van der Waals surface area contributed by atoms with E-state index in [4.69, 9.17) is 0 Å². The van der Waals surface area contributed by atoms with Crippen LogP contribution >= 0.6 is 11.3 Å². The molecule has 122 valence electrons. The second kappa shape index (κ2) is 7.85. The molecular weight excluding hydrogens is 314 g/mol. The Morgan fingerprint density at radius 2 is 2.04 bits per heavy atom. The highest BCUT2D eigenvalue weighted by Crippen LogP contribution is 2.25. The summed E-state index contributed by atoms with van der Waals surface area (Å²) in [6.07, 6.45) is 0. The standard InChI is InChI=1S/C16H19N3O3S/c1-3-19(4-2)9-14(20)17-12-7-5-6-11(8-12)15-18-13(10-23-15)16(21)22/h5-8,10H,3-4,9H2,1-2H3,(H,17,20)(H,21,22). The van der Waals surface area contributed by atoms with E-state index in [1.54, 1.807) is 18.2 Å². The van der Waals surface area contributed by atoms with Crippen molar-refractivity contribution < 1.29 is 19.6 Å². The summed E-state index contributed by atoms with van der Waals surface area (Å²) >= 11 is 1.23. The van der Waals surface area contributed by atoms with Gasteiger partial charge in [-0.05, 0) is 26.0 Å². The monoisotopic (exact) mass is 333 g/mol. The van der Waals surface area contributed by atoms with Gasteiger partial charge in [-0.15, -0.1) is 11.3 Å². The van der Waals surface area contributed by atoms with E-state index >= 15 is 0 Å². The number of carboxylic acid groups (broad SMARTS) is 1. The largest absolute Gasteiger partial charge is 0.543 e. The van der Waals surface area contributed by atoms with Gasteiger partial charge in [0.15, 0.2) is 6.54 Å². The Kier molecular flexibility index (Phi) is 5.84. The highest BCUT2D eigenvalue weighted by atomic mass is 32.1. The van der Waals surface area contributed by atoms with Gasteiger partial charge in [-0.3, -0.25) is 4.79 Å². The summed E-state index contributed by atoms with van der Waals surface area (Å²) in [5.41, 5.74) is 1.35. The molecule has 0 atom stereocenters.